The van der Waals surface area contributed by atoms with Crippen LogP contribution < -0.4 is 9.47 Å². The van der Waals surface area contributed by atoms with Crippen LogP contribution in [0.4, 0.5) is 13.2 Å². The summed E-state index contributed by atoms with van der Waals surface area (Å²) in [5, 5.41) is 0. The van der Waals surface area contributed by atoms with Crippen LogP contribution in [0.3, 0.4) is 0 Å². The zero-order valence-electron chi connectivity index (χ0n) is 10.8. The fourth-order valence-electron chi connectivity index (χ4n) is 2.08. The number of ether oxygens (including phenoxy) is 2. The summed E-state index contributed by atoms with van der Waals surface area (Å²) in [7, 11) is 0. The molecule has 112 valence electrons. The molecule has 0 aromatic heterocycles. The largest absolute Gasteiger partial charge is 0.573 e. The van der Waals surface area contributed by atoms with Gasteiger partial charge in [-0.15, -0.1) is 13.2 Å². The quantitative estimate of drug-likeness (QED) is 0.803. The first kappa shape index (κ1) is 15.4. The predicted octanol–water partition coefficient (Wildman–Crippen LogP) is 3.82. The van der Waals surface area contributed by atoms with Crippen molar-refractivity contribution in [2.24, 2.45) is 0 Å². The van der Waals surface area contributed by atoms with Gasteiger partial charge in [0.15, 0.2) is 0 Å². The highest BCUT2D eigenvalue weighted by molar-refractivity contribution is 9.10. The molecule has 0 atom stereocenters. The zero-order valence-corrected chi connectivity index (χ0v) is 12.3. The van der Waals surface area contributed by atoms with Gasteiger partial charge in [-0.05, 0) is 54.0 Å². The molecule has 1 aromatic carbocycles. The third-order valence-corrected chi connectivity index (χ3v) is 3.66. The van der Waals surface area contributed by atoms with E-state index in [4.69, 9.17) is 4.74 Å². The number of hydrogen-bond donors (Lipinski definition) is 0. The Bertz CT molecular complexity index is 448. The van der Waals surface area contributed by atoms with Crippen molar-refractivity contribution in [2.45, 2.75) is 19.2 Å². The molecule has 1 fully saturated rings. The minimum atomic E-state index is -4.69. The Morgan fingerprint density at radius 1 is 1.20 bits per heavy atom. The maximum atomic E-state index is 12.1. The maximum absolute atomic E-state index is 12.1. The van der Waals surface area contributed by atoms with Gasteiger partial charge in [0, 0.05) is 12.6 Å². The van der Waals surface area contributed by atoms with Crippen molar-refractivity contribution in [3.05, 3.63) is 22.7 Å². The molecular formula is C13H15BrF3NO2. The summed E-state index contributed by atoms with van der Waals surface area (Å²) < 4.78 is 46.4. The van der Waals surface area contributed by atoms with Gasteiger partial charge in [-0.3, -0.25) is 4.90 Å². The van der Waals surface area contributed by atoms with Gasteiger partial charge in [0.05, 0.1) is 4.47 Å². The Morgan fingerprint density at radius 2 is 1.90 bits per heavy atom. The van der Waals surface area contributed by atoms with E-state index >= 15 is 0 Å². The van der Waals surface area contributed by atoms with Crippen molar-refractivity contribution < 1.29 is 22.6 Å². The van der Waals surface area contributed by atoms with Crippen LogP contribution in [0, 0.1) is 0 Å². The van der Waals surface area contributed by atoms with Gasteiger partial charge >= 0.3 is 6.36 Å². The third kappa shape index (κ3) is 4.86. The van der Waals surface area contributed by atoms with E-state index in [1.165, 1.54) is 31.0 Å². The Kier molecular flexibility index (Phi) is 5.15. The molecule has 0 bridgehead atoms. The minimum Gasteiger partial charge on any atom is -0.491 e. The van der Waals surface area contributed by atoms with Crippen molar-refractivity contribution in [3.63, 3.8) is 0 Å². The first-order chi connectivity index (χ1) is 9.44. The van der Waals surface area contributed by atoms with Crippen LogP contribution in [-0.2, 0) is 0 Å². The molecule has 0 saturated carbocycles. The minimum absolute atomic E-state index is 0.281. The smallest absolute Gasteiger partial charge is 0.491 e. The number of halogens is 4. The molecule has 7 heteroatoms. The topological polar surface area (TPSA) is 21.7 Å². The highest BCUT2D eigenvalue weighted by Crippen LogP contribution is 2.32. The molecule has 0 aliphatic carbocycles. The van der Waals surface area contributed by atoms with E-state index < -0.39 is 6.36 Å². The molecule has 2 rings (SSSR count). The van der Waals surface area contributed by atoms with Gasteiger partial charge in [-0.1, -0.05) is 0 Å². The summed E-state index contributed by atoms with van der Waals surface area (Å²) in [5.41, 5.74) is 0. The van der Waals surface area contributed by atoms with E-state index in [1.54, 1.807) is 0 Å². The van der Waals surface area contributed by atoms with E-state index in [0.717, 1.165) is 19.6 Å². The second-order valence-corrected chi connectivity index (χ2v) is 5.39. The first-order valence-corrected chi connectivity index (χ1v) is 7.14. The Labute approximate surface area is 123 Å². The second kappa shape index (κ2) is 6.67. The summed E-state index contributed by atoms with van der Waals surface area (Å²) in [6, 6.07) is 3.96. The lowest BCUT2D eigenvalue weighted by molar-refractivity contribution is -0.274. The summed E-state index contributed by atoms with van der Waals surface area (Å²) >= 11 is 3.25. The molecule has 1 aliphatic heterocycles. The molecular weight excluding hydrogens is 339 g/mol. The fraction of sp³-hybridized carbons (Fsp3) is 0.538. The highest BCUT2D eigenvalue weighted by Gasteiger charge is 2.31. The van der Waals surface area contributed by atoms with Gasteiger partial charge in [-0.25, -0.2) is 0 Å². The van der Waals surface area contributed by atoms with E-state index in [0.29, 0.717) is 16.8 Å². The van der Waals surface area contributed by atoms with Crippen molar-refractivity contribution in [3.8, 4) is 11.5 Å². The second-order valence-electron chi connectivity index (χ2n) is 4.54. The lowest BCUT2D eigenvalue weighted by Gasteiger charge is -2.16. The summed E-state index contributed by atoms with van der Waals surface area (Å²) in [6.45, 7) is 3.33. The van der Waals surface area contributed by atoms with Crippen LogP contribution in [-0.4, -0.2) is 37.5 Å². The fourth-order valence-corrected chi connectivity index (χ4v) is 2.44. The van der Waals surface area contributed by atoms with Crippen LogP contribution in [0.25, 0.3) is 0 Å². The number of benzene rings is 1. The standard InChI is InChI=1S/C13H15BrF3NO2/c14-11-4-3-10(20-13(15,16)17)9-12(11)19-8-7-18-5-1-2-6-18/h3-4,9H,1-2,5-8H2. The molecule has 3 nitrogen and oxygen atoms in total. The van der Waals surface area contributed by atoms with Gasteiger partial charge in [-0.2, -0.15) is 0 Å². The average Bonchev–Trinajstić information content (AvgIpc) is 2.84. The van der Waals surface area contributed by atoms with Crippen LogP contribution in [0.15, 0.2) is 22.7 Å². The van der Waals surface area contributed by atoms with Crippen molar-refractivity contribution in [1.29, 1.82) is 0 Å². The molecule has 1 aromatic rings. The molecule has 1 heterocycles. The normalized spacial score (nSPS) is 16.4. The molecule has 20 heavy (non-hydrogen) atoms. The molecule has 0 spiro atoms. The Hall–Kier alpha value is -0.950. The number of alkyl halides is 3. The highest BCUT2D eigenvalue weighted by atomic mass is 79.9. The molecule has 0 N–H and O–H groups in total. The van der Waals surface area contributed by atoms with E-state index in [9.17, 15) is 13.2 Å². The summed E-state index contributed by atoms with van der Waals surface area (Å²) in [4.78, 5) is 2.27. The molecule has 0 unspecified atom stereocenters. The summed E-state index contributed by atoms with van der Waals surface area (Å²) in [5.74, 6) is 0.0721. The van der Waals surface area contributed by atoms with Crippen molar-refractivity contribution in [2.75, 3.05) is 26.2 Å². The van der Waals surface area contributed by atoms with Crippen LogP contribution in [0.5, 0.6) is 11.5 Å². The zero-order chi connectivity index (χ0) is 14.6. The van der Waals surface area contributed by atoms with Crippen LogP contribution in [0.2, 0.25) is 0 Å². The summed E-state index contributed by atoms with van der Waals surface area (Å²) in [6.07, 6.45) is -2.31. The maximum Gasteiger partial charge on any atom is 0.573 e. The molecule has 1 saturated heterocycles. The van der Waals surface area contributed by atoms with E-state index in [1.807, 2.05) is 0 Å². The van der Waals surface area contributed by atoms with Gasteiger partial charge < -0.3 is 9.47 Å². The van der Waals surface area contributed by atoms with Crippen molar-refractivity contribution in [1.82, 2.24) is 4.90 Å². The third-order valence-electron chi connectivity index (χ3n) is 3.00. The van der Waals surface area contributed by atoms with E-state index in [-0.39, 0.29) is 5.75 Å². The average molecular weight is 354 g/mol. The SMILES string of the molecule is FC(F)(F)Oc1ccc(Br)c(OCCN2CCCC2)c1. The Balaban J connectivity index is 1.90. The number of likely N-dealkylation sites (tertiary alicyclic amines) is 1. The molecule has 0 amide bonds. The lowest BCUT2D eigenvalue weighted by Crippen LogP contribution is -2.25. The van der Waals surface area contributed by atoms with Crippen molar-refractivity contribution >= 4 is 15.9 Å². The van der Waals surface area contributed by atoms with Gasteiger partial charge in [0.1, 0.15) is 18.1 Å². The monoisotopic (exact) mass is 353 g/mol. The van der Waals surface area contributed by atoms with Crippen LogP contribution in [0.1, 0.15) is 12.8 Å². The number of nitrogens with zero attached hydrogens (tertiary/aromatic N) is 1. The van der Waals surface area contributed by atoms with Gasteiger partial charge in [0.2, 0.25) is 0 Å². The number of rotatable bonds is 5. The number of hydrogen-bond acceptors (Lipinski definition) is 3. The Morgan fingerprint density at radius 3 is 2.55 bits per heavy atom. The van der Waals surface area contributed by atoms with Gasteiger partial charge in [0.25, 0.3) is 0 Å². The lowest BCUT2D eigenvalue weighted by atomic mass is 10.3. The molecule has 0 radical (unpaired) electrons. The predicted molar refractivity (Wildman–Crippen MR) is 72.0 cm³/mol. The van der Waals surface area contributed by atoms with E-state index in [2.05, 4.69) is 25.6 Å². The van der Waals surface area contributed by atoms with Crippen LogP contribution >= 0.6 is 15.9 Å². The first-order valence-electron chi connectivity index (χ1n) is 6.34. The molecule has 1 aliphatic rings.